The van der Waals surface area contributed by atoms with Gasteiger partial charge in [-0.25, -0.2) is 4.79 Å². The number of rotatable bonds is 2. The standard InChI is InChI=1S/C12H12N2O2/c15-11-10(13-12(16)14-11)9-6-8(9)7-4-2-1-3-5-7/h1-5,8-10H,6H2,(H2,13,14,15,16)/t8-,9+,10-/m0/s1. The summed E-state index contributed by atoms with van der Waals surface area (Å²) in [6.45, 7) is 0. The largest absolute Gasteiger partial charge is 0.326 e. The predicted octanol–water partition coefficient (Wildman–Crippen LogP) is 0.998. The molecule has 3 atom stereocenters. The van der Waals surface area contributed by atoms with Crippen molar-refractivity contribution in [3.05, 3.63) is 35.9 Å². The van der Waals surface area contributed by atoms with E-state index in [1.165, 1.54) is 5.56 Å². The molecule has 82 valence electrons. The lowest BCUT2D eigenvalue weighted by molar-refractivity contribution is -0.120. The lowest BCUT2D eigenvalue weighted by Crippen LogP contribution is -2.31. The molecule has 0 radical (unpaired) electrons. The molecule has 1 aliphatic carbocycles. The van der Waals surface area contributed by atoms with Crippen LogP contribution in [0.4, 0.5) is 4.79 Å². The highest BCUT2D eigenvalue weighted by Gasteiger charge is 2.49. The number of benzene rings is 1. The number of hydrogen-bond acceptors (Lipinski definition) is 2. The molecule has 1 saturated carbocycles. The Morgan fingerprint density at radius 1 is 1.12 bits per heavy atom. The van der Waals surface area contributed by atoms with Crippen LogP contribution in [0, 0.1) is 5.92 Å². The molecule has 4 nitrogen and oxygen atoms in total. The van der Waals surface area contributed by atoms with E-state index in [1.807, 2.05) is 18.2 Å². The van der Waals surface area contributed by atoms with Crippen LogP contribution in [0.1, 0.15) is 17.9 Å². The average Bonchev–Trinajstić information content (AvgIpc) is 3.00. The number of nitrogens with one attached hydrogen (secondary N) is 2. The second kappa shape index (κ2) is 3.33. The van der Waals surface area contributed by atoms with Gasteiger partial charge in [-0.1, -0.05) is 30.3 Å². The molecule has 3 rings (SSSR count). The maximum atomic E-state index is 11.4. The molecule has 1 aliphatic heterocycles. The second-order valence-electron chi connectivity index (χ2n) is 4.36. The van der Waals surface area contributed by atoms with Crippen molar-refractivity contribution in [2.24, 2.45) is 5.92 Å². The summed E-state index contributed by atoms with van der Waals surface area (Å²) in [6, 6.07) is 9.41. The first-order chi connectivity index (χ1) is 7.75. The van der Waals surface area contributed by atoms with Gasteiger partial charge in [0.2, 0.25) is 0 Å². The van der Waals surface area contributed by atoms with Crippen molar-refractivity contribution >= 4 is 11.9 Å². The van der Waals surface area contributed by atoms with E-state index in [0.29, 0.717) is 5.92 Å². The Bertz CT molecular complexity index is 444. The molecule has 0 unspecified atom stereocenters. The highest BCUT2D eigenvalue weighted by Crippen LogP contribution is 2.49. The van der Waals surface area contributed by atoms with Crippen LogP contribution in [0.25, 0.3) is 0 Å². The number of amides is 3. The van der Waals surface area contributed by atoms with E-state index in [-0.39, 0.29) is 23.9 Å². The van der Waals surface area contributed by atoms with Crippen molar-refractivity contribution in [2.75, 3.05) is 0 Å². The van der Waals surface area contributed by atoms with Gasteiger partial charge in [-0.05, 0) is 23.8 Å². The highest BCUT2D eigenvalue weighted by atomic mass is 16.2. The van der Waals surface area contributed by atoms with Crippen LogP contribution < -0.4 is 10.6 Å². The molecule has 16 heavy (non-hydrogen) atoms. The predicted molar refractivity (Wildman–Crippen MR) is 57.8 cm³/mol. The molecule has 3 amide bonds. The molecule has 1 aromatic rings. The zero-order chi connectivity index (χ0) is 11.1. The summed E-state index contributed by atoms with van der Waals surface area (Å²) < 4.78 is 0. The van der Waals surface area contributed by atoms with Crippen LogP contribution in [0.3, 0.4) is 0 Å². The summed E-state index contributed by atoms with van der Waals surface area (Å²) in [6.07, 6.45) is 0.975. The van der Waals surface area contributed by atoms with Gasteiger partial charge >= 0.3 is 6.03 Å². The van der Waals surface area contributed by atoms with Crippen molar-refractivity contribution < 1.29 is 9.59 Å². The number of urea groups is 1. The SMILES string of the molecule is O=C1NC(=O)[C@H]([C@@H]2C[C@H]2c2ccccc2)N1. The normalized spacial score (nSPS) is 32.1. The van der Waals surface area contributed by atoms with Gasteiger partial charge in [0.1, 0.15) is 6.04 Å². The van der Waals surface area contributed by atoms with Crippen LogP contribution in [0.5, 0.6) is 0 Å². The quantitative estimate of drug-likeness (QED) is 0.724. The average molecular weight is 216 g/mol. The summed E-state index contributed by atoms with van der Waals surface area (Å²) in [5.41, 5.74) is 1.25. The first-order valence-electron chi connectivity index (χ1n) is 5.42. The summed E-state index contributed by atoms with van der Waals surface area (Å²) in [4.78, 5) is 22.4. The van der Waals surface area contributed by atoms with Crippen LogP contribution >= 0.6 is 0 Å². The molecule has 4 heteroatoms. The second-order valence-corrected chi connectivity index (χ2v) is 4.36. The third kappa shape index (κ3) is 1.46. The van der Waals surface area contributed by atoms with Crippen LogP contribution in [0.15, 0.2) is 30.3 Å². The molecule has 2 N–H and O–H groups in total. The summed E-state index contributed by atoms with van der Waals surface area (Å²) >= 11 is 0. The summed E-state index contributed by atoms with van der Waals surface area (Å²) in [5.74, 6) is 0.484. The van der Waals surface area contributed by atoms with E-state index in [2.05, 4.69) is 22.8 Å². The molecule has 2 fully saturated rings. The minimum atomic E-state index is -0.367. The van der Waals surface area contributed by atoms with Gasteiger partial charge in [-0.3, -0.25) is 10.1 Å². The third-order valence-electron chi connectivity index (χ3n) is 3.30. The minimum absolute atomic E-state index is 0.187. The van der Waals surface area contributed by atoms with E-state index in [4.69, 9.17) is 0 Å². The van der Waals surface area contributed by atoms with Crippen molar-refractivity contribution in [1.29, 1.82) is 0 Å². The Morgan fingerprint density at radius 2 is 1.88 bits per heavy atom. The zero-order valence-electron chi connectivity index (χ0n) is 8.64. The van der Waals surface area contributed by atoms with Crippen LogP contribution in [-0.2, 0) is 4.79 Å². The van der Waals surface area contributed by atoms with Gasteiger partial charge in [0, 0.05) is 0 Å². The number of carbonyl (C=O) groups is 2. The monoisotopic (exact) mass is 216 g/mol. The first kappa shape index (κ1) is 9.39. The Hall–Kier alpha value is -1.84. The fourth-order valence-electron chi connectivity index (χ4n) is 2.40. The Balaban J connectivity index is 1.73. The minimum Gasteiger partial charge on any atom is -0.326 e. The van der Waals surface area contributed by atoms with Crippen molar-refractivity contribution in [3.63, 3.8) is 0 Å². The van der Waals surface area contributed by atoms with E-state index < -0.39 is 0 Å². The Morgan fingerprint density at radius 3 is 2.50 bits per heavy atom. The lowest BCUT2D eigenvalue weighted by atomic mass is 10.1. The fraction of sp³-hybridized carbons (Fsp3) is 0.333. The number of hydrogen-bond donors (Lipinski definition) is 2. The third-order valence-corrected chi connectivity index (χ3v) is 3.30. The zero-order valence-corrected chi connectivity index (χ0v) is 8.64. The molecule has 1 aromatic carbocycles. The van der Waals surface area contributed by atoms with Gasteiger partial charge in [-0.15, -0.1) is 0 Å². The van der Waals surface area contributed by atoms with Crippen molar-refractivity contribution in [2.45, 2.75) is 18.4 Å². The fourth-order valence-corrected chi connectivity index (χ4v) is 2.40. The number of carbonyl (C=O) groups excluding carboxylic acids is 2. The molecule has 0 spiro atoms. The Kier molecular flexibility index (Phi) is 1.96. The number of imide groups is 1. The topological polar surface area (TPSA) is 58.2 Å². The van der Waals surface area contributed by atoms with Crippen LogP contribution in [0.2, 0.25) is 0 Å². The summed E-state index contributed by atoms with van der Waals surface area (Å²) in [7, 11) is 0. The Labute approximate surface area is 93.0 Å². The maximum Gasteiger partial charge on any atom is 0.322 e. The maximum absolute atomic E-state index is 11.4. The van der Waals surface area contributed by atoms with Gasteiger partial charge in [-0.2, -0.15) is 0 Å². The van der Waals surface area contributed by atoms with Gasteiger partial charge in [0.25, 0.3) is 5.91 Å². The van der Waals surface area contributed by atoms with E-state index >= 15 is 0 Å². The molecule has 1 heterocycles. The van der Waals surface area contributed by atoms with Crippen molar-refractivity contribution in [1.82, 2.24) is 10.6 Å². The molecule has 0 bridgehead atoms. The smallest absolute Gasteiger partial charge is 0.322 e. The summed E-state index contributed by atoms with van der Waals surface area (Å²) in [5, 5.41) is 4.94. The van der Waals surface area contributed by atoms with Gasteiger partial charge < -0.3 is 5.32 Å². The van der Waals surface area contributed by atoms with Gasteiger partial charge in [0.05, 0.1) is 0 Å². The van der Waals surface area contributed by atoms with Crippen LogP contribution in [-0.4, -0.2) is 18.0 Å². The molecular formula is C12H12N2O2. The molecule has 2 aliphatic rings. The van der Waals surface area contributed by atoms with E-state index in [1.54, 1.807) is 0 Å². The van der Waals surface area contributed by atoms with E-state index in [9.17, 15) is 9.59 Å². The van der Waals surface area contributed by atoms with E-state index in [0.717, 1.165) is 6.42 Å². The van der Waals surface area contributed by atoms with Gasteiger partial charge in [0.15, 0.2) is 0 Å². The first-order valence-corrected chi connectivity index (χ1v) is 5.42. The molecule has 0 aromatic heterocycles. The molecular weight excluding hydrogens is 204 g/mol. The van der Waals surface area contributed by atoms with Crippen molar-refractivity contribution in [3.8, 4) is 0 Å². The molecule has 1 saturated heterocycles. The highest BCUT2D eigenvalue weighted by molar-refractivity contribution is 6.04. The lowest BCUT2D eigenvalue weighted by Gasteiger charge is -2.05.